The summed E-state index contributed by atoms with van der Waals surface area (Å²) in [6.07, 6.45) is 1.04. The van der Waals surface area contributed by atoms with Gasteiger partial charge in [0.15, 0.2) is 0 Å². The molecule has 0 aliphatic heterocycles. The van der Waals surface area contributed by atoms with Gasteiger partial charge in [-0.15, -0.1) is 11.6 Å². The van der Waals surface area contributed by atoms with Gasteiger partial charge in [0.25, 0.3) is 0 Å². The average molecular weight is 256 g/mol. The molecule has 1 aromatic heterocycles. The first-order chi connectivity index (χ1) is 8.19. The molecule has 2 nitrogen and oxygen atoms in total. The van der Waals surface area contributed by atoms with Crippen LogP contribution < -0.4 is 4.74 Å². The maximum atomic E-state index is 12.9. The molecule has 0 N–H and O–H groups in total. The summed E-state index contributed by atoms with van der Waals surface area (Å²) in [4.78, 5) is 3.79. The van der Waals surface area contributed by atoms with Crippen LogP contribution in [0.4, 0.5) is 8.78 Å². The number of benzene rings is 1. The van der Waals surface area contributed by atoms with Crippen molar-refractivity contribution >= 4 is 11.6 Å². The number of rotatable bonds is 3. The van der Waals surface area contributed by atoms with Gasteiger partial charge >= 0.3 is 0 Å². The number of hydrogen-bond donors (Lipinski definition) is 0. The predicted molar refractivity (Wildman–Crippen MR) is 60.2 cm³/mol. The fourth-order valence-electron chi connectivity index (χ4n) is 1.27. The van der Waals surface area contributed by atoms with E-state index < -0.39 is 5.82 Å². The molecule has 0 saturated heterocycles. The molecule has 0 unspecified atom stereocenters. The standard InChI is InChI=1S/C12H8ClF2NO/c13-6-8-5-10(15)7-16-12(8)17-11-3-1-9(14)2-4-11/h1-5,7H,6H2. The zero-order chi connectivity index (χ0) is 12.3. The first kappa shape index (κ1) is 11.8. The summed E-state index contributed by atoms with van der Waals surface area (Å²) in [5.41, 5.74) is 0.441. The van der Waals surface area contributed by atoms with Gasteiger partial charge in [-0.2, -0.15) is 0 Å². The molecule has 88 valence electrons. The molecule has 0 saturated carbocycles. The van der Waals surface area contributed by atoms with Crippen molar-refractivity contribution in [2.24, 2.45) is 0 Å². The number of halogens is 3. The summed E-state index contributed by atoms with van der Waals surface area (Å²) in [5, 5.41) is 0. The Morgan fingerprint density at radius 1 is 1.12 bits per heavy atom. The van der Waals surface area contributed by atoms with E-state index in [0.29, 0.717) is 11.3 Å². The van der Waals surface area contributed by atoms with E-state index in [4.69, 9.17) is 16.3 Å². The monoisotopic (exact) mass is 255 g/mol. The number of aromatic nitrogens is 1. The molecule has 0 atom stereocenters. The van der Waals surface area contributed by atoms with Gasteiger partial charge in [0.2, 0.25) is 5.88 Å². The van der Waals surface area contributed by atoms with Crippen molar-refractivity contribution < 1.29 is 13.5 Å². The Morgan fingerprint density at radius 3 is 2.47 bits per heavy atom. The largest absolute Gasteiger partial charge is 0.439 e. The van der Waals surface area contributed by atoms with Crippen LogP contribution in [0.3, 0.4) is 0 Å². The molecule has 0 spiro atoms. The van der Waals surface area contributed by atoms with Crippen molar-refractivity contribution in [3.05, 3.63) is 53.7 Å². The quantitative estimate of drug-likeness (QED) is 0.776. The summed E-state index contributed by atoms with van der Waals surface area (Å²) in [6, 6.07) is 6.69. The van der Waals surface area contributed by atoms with Crippen molar-refractivity contribution in [3.8, 4) is 11.6 Å². The molecule has 0 fully saturated rings. The molecule has 2 rings (SSSR count). The van der Waals surface area contributed by atoms with Gasteiger partial charge in [-0.25, -0.2) is 13.8 Å². The molecule has 0 aliphatic rings. The highest BCUT2D eigenvalue weighted by Crippen LogP contribution is 2.24. The minimum Gasteiger partial charge on any atom is -0.439 e. The number of pyridine rings is 1. The zero-order valence-electron chi connectivity index (χ0n) is 8.66. The van der Waals surface area contributed by atoms with Crippen LogP contribution in [0.15, 0.2) is 36.5 Å². The molecule has 1 heterocycles. The number of nitrogens with zero attached hydrogens (tertiary/aromatic N) is 1. The van der Waals surface area contributed by atoms with Gasteiger partial charge in [-0.05, 0) is 30.3 Å². The van der Waals surface area contributed by atoms with E-state index in [-0.39, 0.29) is 17.6 Å². The highest BCUT2D eigenvalue weighted by molar-refractivity contribution is 6.17. The Kier molecular flexibility index (Phi) is 3.54. The first-order valence-electron chi connectivity index (χ1n) is 4.83. The SMILES string of the molecule is Fc1ccc(Oc2ncc(F)cc2CCl)cc1. The van der Waals surface area contributed by atoms with E-state index in [1.807, 2.05) is 0 Å². The van der Waals surface area contributed by atoms with Gasteiger partial charge in [0.05, 0.1) is 12.1 Å². The van der Waals surface area contributed by atoms with Gasteiger partial charge in [-0.1, -0.05) is 0 Å². The normalized spacial score (nSPS) is 10.3. The molecule has 1 aromatic carbocycles. The molecule has 0 radical (unpaired) electrons. The lowest BCUT2D eigenvalue weighted by Crippen LogP contribution is -1.94. The minimum atomic E-state index is -0.480. The zero-order valence-corrected chi connectivity index (χ0v) is 9.42. The van der Waals surface area contributed by atoms with Gasteiger partial charge in [-0.3, -0.25) is 0 Å². The van der Waals surface area contributed by atoms with Crippen LogP contribution in [-0.2, 0) is 5.88 Å². The highest BCUT2D eigenvalue weighted by Gasteiger charge is 2.07. The van der Waals surface area contributed by atoms with Crippen molar-refractivity contribution in [1.82, 2.24) is 4.98 Å². The van der Waals surface area contributed by atoms with Gasteiger partial charge < -0.3 is 4.74 Å². The first-order valence-corrected chi connectivity index (χ1v) is 5.36. The lowest BCUT2D eigenvalue weighted by molar-refractivity contribution is 0.453. The molecule has 17 heavy (non-hydrogen) atoms. The van der Waals surface area contributed by atoms with E-state index in [0.717, 1.165) is 6.20 Å². The molecule has 2 aromatic rings. The molecular formula is C12H8ClF2NO. The maximum absolute atomic E-state index is 12.9. The Hall–Kier alpha value is -1.68. The third-order valence-electron chi connectivity index (χ3n) is 2.06. The maximum Gasteiger partial charge on any atom is 0.223 e. The van der Waals surface area contributed by atoms with Crippen LogP contribution in [0.1, 0.15) is 5.56 Å². The highest BCUT2D eigenvalue weighted by atomic mass is 35.5. The third-order valence-corrected chi connectivity index (χ3v) is 2.35. The molecule has 5 heteroatoms. The summed E-state index contributed by atoms with van der Waals surface area (Å²) < 4.78 is 31.0. The van der Waals surface area contributed by atoms with Gasteiger partial charge in [0.1, 0.15) is 17.4 Å². The Morgan fingerprint density at radius 2 is 1.82 bits per heavy atom. The van der Waals surface area contributed by atoms with Crippen LogP contribution in [0, 0.1) is 11.6 Å². The average Bonchev–Trinajstić information content (AvgIpc) is 2.34. The minimum absolute atomic E-state index is 0.0846. The number of ether oxygens (including phenoxy) is 1. The van der Waals surface area contributed by atoms with E-state index in [9.17, 15) is 8.78 Å². The molecule has 0 amide bonds. The van der Waals surface area contributed by atoms with Crippen molar-refractivity contribution in [2.45, 2.75) is 5.88 Å². The van der Waals surface area contributed by atoms with Crippen LogP contribution >= 0.6 is 11.6 Å². The second kappa shape index (κ2) is 5.10. The van der Waals surface area contributed by atoms with Crippen LogP contribution in [0.5, 0.6) is 11.6 Å². The fraction of sp³-hybridized carbons (Fsp3) is 0.0833. The van der Waals surface area contributed by atoms with E-state index >= 15 is 0 Å². The topological polar surface area (TPSA) is 22.1 Å². The number of alkyl halides is 1. The smallest absolute Gasteiger partial charge is 0.223 e. The van der Waals surface area contributed by atoms with E-state index in [1.165, 1.54) is 30.3 Å². The Balaban J connectivity index is 2.26. The van der Waals surface area contributed by atoms with Crippen molar-refractivity contribution in [1.29, 1.82) is 0 Å². The third kappa shape index (κ3) is 2.91. The number of hydrogen-bond acceptors (Lipinski definition) is 2. The summed E-state index contributed by atoms with van der Waals surface area (Å²) >= 11 is 5.65. The Bertz CT molecular complexity index is 516. The lowest BCUT2D eigenvalue weighted by Gasteiger charge is -2.07. The predicted octanol–water partition coefficient (Wildman–Crippen LogP) is 3.89. The van der Waals surface area contributed by atoms with E-state index in [1.54, 1.807) is 0 Å². The van der Waals surface area contributed by atoms with Crippen molar-refractivity contribution in [2.75, 3.05) is 0 Å². The molecule has 0 bridgehead atoms. The Labute approximate surface area is 102 Å². The lowest BCUT2D eigenvalue weighted by atomic mass is 10.3. The second-order valence-corrected chi connectivity index (χ2v) is 3.57. The van der Waals surface area contributed by atoms with Crippen LogP contribution in [0.2, 0.25) is 0 Å². The fourth-order valence-corrected chi connectivity index (χ4v) is 1.46. The van der Waals surface area contributed by atoms with Crippen LogP contribution in [0.25, 0.3) is 0 Å². The molecule has 0 aliphatic carbocycles. The molecular weight excluding hydrogens is 248 g/mol. The van der Waals surface area contributed by atoms with Crippen molar-refractivity contribution in [3.63, 3.8) is 0 Å². The summed E-state index contributed by atoms with van der Waals surface area (Å²) in [6.45, 7) is 0. The van der Waals surface area contributed by atoms with Crippen LogP contribution in [-0.4, -0.2) is 4.98 Å². The summed E-state index contributed by atoms with van der Waals surface area (Å²) in [7, 11) is 0. The van der Waals surface area contributed by atoms with E-state index in [2.05, 4.69) is 4.98 Å². The second-order valence-electron chi connectivity index (χ2n) is 3.31. The summed E-state index contributed by atoms with van der Waals surface area (Å²) in [5.74, 6) is -0.125. The van der Waals surface area contributed by atoms with Gasteiger partial charge in [0, 0.05) is 5.56 Å².